The van der Waals surface area contributed by atoms with E-state index in [2.05, 4.69) is 28.5 Å². The van der Waals surface area contributed by atoms with Gasteiger partial charge in [-0.2, -0.15) is 0 Å². The van der Waals surface area contributed by atoms with Crippen molar-refractivity contribution >= 4 is 39.5 Å². The van der Waals surface area contributed by atoms with Crippen LogP contribution in [0.25, 0.3) is 27.9 Å². The van der Waals surface area contributed by atoms with Crippen molar-refractivity contribution in [2.45, 2.75) is 0 Å². The number of hydroxylamine groups is 1. The van der Waals surface area contributed by atoms with E-state index in [0.717, 1.165) is 50.1 Å². The van der Waals surface area contributed by atoms with E-state index in [0.29, 0.717) is 18.7 Å². The van der Waals surface area contributed by atoms with E-state index in [1.165, 1.54) is 0 Å². The van der Waals surface area contributed by atoms with Crippen molar-refractivity contribution < 1.29 is 19.5 Å². The molecular formula is C30H27N3O4. The molecule has 5 rings (SSSR count). The van der Waals surface area contributed by atoms with Crippen LogP contribution in [0.1, 0.15) is 15.9 Å². The maximum Gasteiger partial charge on any atom is 0.274 e. The smallest absolute Gasteiger partial charge is 0.274 e. The van der Waals surface area contributed by atoms with Gasteiger partial charge >= 0.3 is 0 Å². The molecular weight excluding hydrogens is 466 g/mol. The minimum atomic E-state index is -0.549. The number of aromatic amines is 1. The van der Waals surface area contributed by atoms with Crippen molar-refractivity contribution in [3.8, 4) is 11.5 Å². The third kappa shape index (κ3) is 5.42. The lowest BCUT2D eigenvalue weighted by Gasteiger charge is -2.14. The molecule has 5 aromatic rings. The Hall–Kier alpha value is -4.75. The number of hydrogen-bond donors (Lipinski definition) is 4. The highest BCUT2D eigenvalue weighted by Crippen LogP contribution is 2.31. The zero-order valence-corrected chi connectivity index (χ0v) is 20.3. The van der Waals surface area contributed by atoms with Crippen molar-refractivity contribution in [3.05, 3.63) is 108 Å². The fourth-order valence-corrected chi connectivity index (χ4v) is 4.24. The van der Waals surface area contributed by atoms with Crippen molar-refractivity contribution in [2.75, 3.05) is 25.6 Å². The van der Waals surface area contributed by atoms with Crippen molar-refractivity contribution in [1.29, 1.82) is 0 Å². The van der Waals surface area contributed by atoms with Crippen LogP contribution >= 0.6 is 0 Å². The van der Waals surface area contributed by atoms with E-state index < -0.39 is 5.91 Å². The van der Waals surface area contributed by atoms with E-state index in [4.69, 9.17) is 14.7 Å². The highest BCUT2D eigenvalue weighted by Gasteiger charge is 2.10. The highest BCUT2D eigenvalue weighted by molar-refractivity contribution is 6.09. The molecule has 0 aliphatic rings. The fourth-order valence-electron chi connectivity index (χ4n) is 4.24. The first kappa shape index (κ1) is 24.0. The topological polar surface area (TPSA) is 95.6 Å². The quantitative estimate of drug-likeness (QED) is 0.149. The molecule has 0 saturated carbocycles. The van der Waals surface area contributed by atoms with Gasteiger partial charge in [0.15, 0.2) is 0 Å². The van der Waals surface area contributed by atoms with Gasteiger partial charge in [-0.25, -0.2) is 5.48 Å². The van der Waals surface area contributed by atoms with E-state index in [1.54, 1.807) is 24.7 Å². The van der Waals surface area contributed by atoms with Crippen molar-refractivity contribution in [2.24, 2.45) is 0 Å². The maximum absolute atomic E-state index is 11.7. The number of ether oxygens (including phenoxy) is 2. The number of amides is 1. The van der Waals surface area contributed by atoms with Crippen LogP contribution in [0.5, 0.6) is 11.5 Å². The fraction of sp³-hybridized carbons (Fsp3) is 0.100. The summed E-state index contributed by atoms with van der Waals surface area (Å²) in [5.41, 5.74) is 6.93. The average molecular weight is 494 g/mol. The SMILES string of the molecule is COc1ccc(NCC(=Cc2ccc(C(=O)NO)cc2)COc2cccc3c2[nH]c2ccccc23)cc1. The summed E-state index contributed by atoms with van der Waals surface area (Å²) in [4.78, 5) is 15.1. The summed E-state index contributed by atoms with van der Waals surface area (Å²) in [7, 11) is 1.64. The molecule has 7 nitrogen and oxygen atoms in total. The maximum atomic E-state index is 11.7. The summed E-state index contributed by atoms with van der Waals surface area (Å²) in [6, 6.07) is 29.0. The number of fused-ring (bicyclic) bond motifs is 3. The summed E-state index contributed by atoms with van der Waals surface area (Å²) in [6.07, 6.45) is 2.03. The summed E-state index contributed by atoms with van der Waals surface area (Å²) in [5.74, 6) is 1.02. The standard InChI is InChI=1S/C30H27N3O4/c1-36-24-15-13-23(14-16-24)31-18-21(17-20-9-11-22(12-10-20)30(34)33-35)19-37-28-8-4-6-26-25-5-2-3-7-27(25)32-29(26)28/h2-17,31-32,35H,18-19H2,1H3,(H,33,34). The van der Waals surface area contributed by atoms with Crippen molar-refractivity contribution in [1.82, 2.24) is 10.5 Å². The molecule has 0 fully saturated rings. The van der Waals surface area contributed by atoms with Crippen LogP contribution in [0.15, 0.2) is 96.6 Å². The van der Waals surface area contributed by atoms with Gasteiger partial charge in [-0.1, -0.05) is 48.5 Å². The molecule has 0 bridgehead atoms. The molecule has 7 heteroatoms. The second-order valence-electron chi connectivity index (χ2n) is 8.59. The van der Waals surface area contributed by atoms with Crippen LogP contribution in [0, 0.1) is 0 Å². The lowest BCUT2D eigenvalue weighted by molar-refractivity contribution is 0.0706. The highest BCUT2D eigenvalue weighted by atomic mass is 16.5. The molecule has 0 atom stereocenters. The largest absolute Gasteiger partial charge is 0.497 e. The van der Waals surface area contributed by atoms with Gasteiger partial charge in [-0.15, -0.1) is 0 Å². The molecule has 1 amide bonds. The Bertz CT molecular complexity index is 1550. The van der Waals surface area contributed by atoms with Gasteiger partial charge in [0.25, 0.3) is 5.91 Å². The summed E-state index contributed by atoms with van der Waals surface area (Å²) in [6.45, 7) is 0.907. The first-order valence-electron chi connectivity index (χ1n) is 11.9. The third-order valence-corrected chi connectivity index (χ3v) is 6.17. The number of benzene rings is 4. The molecule has 0 saturated heterocycles. The Morgan fingerprint density at radius 3 is 2.43 bits per heavy atom. The first-order chi connectivity index (χ1) is 18.1. The lowest BCUT2D eigenvalue weighted by atomic mass is 10.1. The van der Waals surface area contributed by atoms with Crippen LogP contribution in [-0.4, -0.2) is 36.4 Å². The summed E-state index contributed by atoms with van der Waals surface area (Å²) < 4.78 is 11.6. The Labute approximate surface area is 214 Å². The number of hydrogen-bond acceptors (Lipinski definition) is 5. The number of rotatable bonds is 9. The Balaban J connectivity index is 1.39. The number of carbonyl (C=O) groups excluding carboxylic acids is 1. The number of H-pyrrole nitrogens is 1. The molecule has 37 heavy (non-hydrogen) atoms. The molecule has 186 valence electrons. The normalized spacial score (nSPS) is 11.5. The molecule has 0 aliphatic carbocycles. The molecule has 0 radical (unpaired) electrons. The zero-order valence-electron chi connectivity index (χ0n) is 20.3. The minimum absolute atomic E-state index is 0.358. The van der Waals surface area contributed by atoms with Gasteiger partial charge in [-0.3, -0.25) is 10.0 Å². The van der Waals surface area contributed by atoms with Gasteiger partial charge < -0.3 is 19.8 Å². The Kier molecular flexibility index (Phi) is 7.05. The molecule has 1 heterocycles. The number of carbonyl (C=O) groups is 1. The number of para-hydroxylation sites is 2. The molecule has 1 aromatic heterocycles. The van der Waals surface area contributed by atoms with Crippen LogP contribution in [0.4, 0.5) is 5.69 Å². The van der Waals surface area contributed by atoms with Crippen LogP contribution in [0.2, 0.25) is 0 Å². The van der Waals surface area contributed by atoms with Gasteiger partial charge in [0, 0.05) is 34.1 Å². The van der Waals surface area contributed by atoms with Crippen LogP contribution in [-0.2, 0) is 0 Å². The van der Waals surface area contributed by atoms with Crippen LogP contribution in [0.3, 0.4) is 0 Å². The second-order valence-corrected chi connectivity index (χ2v) is 8.59. The van der Waals surface area contributed by atoms with E-state index in [9.17, 15) is 4.79 Å². The van der Waals surface area contributed by atoms with Gasteiger partial charge in [0.2, 0.25) is 0 Å². The molecule has 4 N–H and O–H groups in total. The van der Waals surface area contributed by atoms with E-state index in [1.807, 2.05) is 66.7 Å². The average Bonchev–Trinajstić information content (AvgIpc) is 3.34. The first-order valence-corrected chi connectivity index (χ1v) is 11.9. The van der Waals surface area contributed by atoms with E-state index in [-0.39, 0.29) is 0 Å². The van der Waals surface area contributed by atoms with Gasteiger partial charge in [0.05, 0.1) is 12.6 Å². The monoisotopic (exact) mass is 493 g/mol. The Morgan fingerprint density at radius 1 is 0.919 bits per heavy atom. The Morgan fingerprint density at radius 2 is 1.68 bits per heavy atom. The summed E-state index contributed by atoms with van der Waals surface area (Å²) in [5, 5.41) is 14.6. The predicted molar refractivity (Wildman–Crippen MR) is 146 cm³/mol. The molecule has 0 spiro atoms. The van der Waals surface area contributed by atoms with Gasteiger partial charge in [0.1, 0.15) is 18.1 Å². The molecule has 0 unspecified atom stereocenters. The van der Waals surface area contributed by atoms with Gasteiger partial charge in [-0.05, 0) is 59.7 Å². The van der Waals surface area contributed by atoms with E-state index >= 15 is 0 Å². The molecule has 4 aromatic carbocycles. The number of methoxy groups -OCH3 is 1. The number of anilines is 1. The minimum Gasteiger partial charge on any atom is -0.497 e. The predicted octanol–water partition coefficient (Wildman–Crippen LogP) is 6.02. The molecule has 0 aliphatic heterocycles. The van der Waals surface area contributed by atoms with Crippen LogP contribution < -0.4 is 20.3 Å². The van der Waals surface area contributed by atoms with Crippen molar-refractivity contribution in [3.63, 3.8) is 0 Å². The zero-order chi connectivity index (χ0) is 25.6. The number of aromatic nitrogens is 1. The number of nitrogens with one attached hydrogen (secondary N) is 3. The third-order valence-electron chi connectivity index (χ3n) is 6.17. The summed E-state index contributed by atoms with van der Waals surface area (Å²) >= 11 is 0. The lowest BCUT2D eigenvalue weighted by Crippen LogP contribution is -2.18. The second kappa shape index (κ2) is 10.9.